The highest BCUT2D eigenvalue weighted by atomic mass is 35.5. The first-order chi connectivity index (χ1) is 14.1. The second-order valence-corrected chi connectivity index (χ2v) is 6.31. The fourth-order valence-electron chi connectivity index (χ4n) is 2.67. The fraction of sp³-hybridized carbons (Fsp3) is 0.0556. The molecule has 4 aromatic rings. The molecule has 0 unspecified atom stereocenters. The van der Waals surface area contributed by atoms with Gasteiger partial charge in [0, 0.05) is 6.20 Å². The van der Waals surface area contributed by atoms with Crippen molar-refractivity contribution in [3.63, 3.8) is 0 Å². The topological polar surface area (TPSA) is 127 Å². The van der Waals surface area contributed by atoms with Gasteiger partial charge in [0.2, 0.25) is 0 Å². The Bertz CT molecular complexity index is 1240. The van der Waals surface area contributed by atoms with Gasteiger partial charge in [0.1, 0.15) is 6.07 Å². The van der Waals surface area contributed by atoms with Crippen molar-refractivity contribution in [3.05, 3.63) is 71.2 Å². The maximum absolute atomic E-state index is 12.7. The zero-order chi connectivity index (χ0) is 20.4. The van der Waals surface area contributed by atoms with E-state index in [-0.39, 0.29) is 10.9 Å². The van der Waals surface area contributed by atoms with E-state index >= 15 is 0 Å². The summed E-state index contributed by atoms with van der Waals surface area (Å²) in [5.41, 5.74) is 2.35. The van der Waals surface area contributed by atoms with Gasteiger partial charge in [0.25, 0.3) is 5.91 Å². The van der Waals surface area contributed by atoms with Crippen LogP contribution in [0.5, 0.6) is 0 Å². The number of hydrogen-bond acceptors (Lipinski definition) is 7. The third-order valence-corrected chi connectivity index (χ3v) is 4.32. The molecule has 0 aliphatic rings. The number of anilines is 1. The molecule has 4 rings (SSSR count). The lowest BCUT2D eigenvalue weighted by Gasteiger charge is -2.08. The van der Waals surface area contributed by atoms with E-state index in [4.69, 9.17) is 16.9 Å². The minimum atomic E-state index is -0.374. The van der Waals surface area contributed by atoms with Gasteiger partial charge in [-0.3, -0.25) is 9.78 Å². The van der Waals surface area contributed by atoms with Crippen molar-refractivity contribution in [3.8, 4) is 17.6 Å². The maximum atomic E-state index is 12.7. The Morgan fingerprint density at radius 1 is 1.14 bits per heavy atom. The Morgan fingerprint density at radius 3 is 2.66 bits per heavy atom. The average molecular weight is 406 g/mol. The second-order valence-electron chi connectivity index (χ2n) is 5.90. The van der Waals surface area contributed by atoms with Crippen molar-refractivity contribution in [1.29, 1.82) is 5.26 Å². The Kier molecular flexibility index (Phi) is 4.72. The predicted octanol–water partition coefficient (Wildman–Crippen LogP) is 2.33. The lowest BCUT2D eigenvalue weighted by Crippen LogP contribution is -2.14. The number of pyridine rings is 2. The molecule has 0 spiro atoms. The molecule has 10 nitrogen and oxygen atoms in total. The average Bonchev–Trinajstić information content (AvgIpc) is 3.38. The summed E-state index contributed by atoms with van der Waals surface area (Å²) < 4.78 is 1.54. The summed E-state index contributed by atoms with van der Waals surface area (Å²) >= 11 is 6.23. The van der Waals surface area contributed by atoms with Gasteiger partial charge >= 0.3 is 0 Å². The van der Waals surface area contributed by atoms with Crippen LogP contribution in [-0.4, -0.2) is 40.6 Å². The van der Waals surface area contributed by atoms with Crippen molar-refractivity contribution < 1.29 is 4.79 Å². The molecule has 0 aromatic carbocycles. The van der Waals surface area contributed by atoms with E-state index in [1.165, 1.54) is 35.8 Å². The first-order valence-electron chi connectivity index (χ1n) is 8.30. The highest BCUT2D eigenvalue weighted by molar-refractivity contribution is 6.32. The highest BCUT2D eigenvalue weighted by Crippen LogP contribution is 2.22. The van der Waals surface area contributed by atoms with E-state index in [0.717, 1.165) is 0 Å². The molecular weight excluding hydrogens is 394 g/mol. The molecule has 0 fully saturated rings. The molecule has 4 aromatic heterocycles. The molecule has 0 radical (unpaired) electrons. The number of rotatable bonds is 4. The van der Waals surface area contributed by atoms with E-state index < -0.39 is 0 Å². The van der Waals surface area contributed by atoms with Crippen molar-refractivity contribution in [2.75, 3.05) is 5.32 Å². The van der Waals surface area contributed by atoms with Crippen LogP contribution in [0.3, 0.4) is 0 Å². The molecular formula is C18H12ClN9O. The minimum absolute atomic E-state index is 0.283. The summed E-state index contributed by atoms with van der Waals surface area (Å²) in [4.78, 5) is 22.2. The third kappa shape index (κ3) is 3.54. The van der Waals surface area contributed by atoms with E-state index in [9.17, 15) is 4.79 Å². The maximum Gasteiger partial charge on any atom is 0.259 e. The van der Waals surface area contributed by atoms with Crippen LogP contribution >= 0.6 is 11.6 Å². The molecule has 11 heteroatoms. The quantitative estimate of drug-likeness (QED) is 0.551. The van der Waals surface area contributed by atoms with Crippen LogP contribution in [0.1, 0.15) is 21.6 Å². The van der Waals surface area contributed by atoms with Gasteiger partial charge in [-0.1, -0.05) is 11.6 Å². The molecule has 0 aliphatic heterocycles. The van der Waals surface area contributed by atoms with Gasteiger partial charge in [-0.25, -0.2) is 9.67 Å². The number of amides is 1. The fourth-order valence-corrected chi connectivity index (χ4v) is 2.91. The molecule has 1 N–H and O–H groups in total. The molecule has 0 bridgehead atoms. The summed E-state index contributed by atoms with van der Waals surface area (Å²) in [5.74, 6) is -0.0236. The van der Waals surface area contributed by atoms with E-state index in [1.807, 2.05) is 6.07 Å². The third-order valence-electron chi connectivity index (χ3n) is 4.04. The second kappa shape index (κ2) is 7.49. The van der Waals surface area contributed by atoms with Crippen LogP contribution in [-0.2, 0) is 0 Å². The largest absolute Gasteiger partial charge is 0.320 e. The Morgan fingerprint density at radius 2 is 1.93 bits per heavy atom. The van der Waals surface area contributed by atoms with Crippen LogP contribution < -0.4 is 5.32 Å². The first-order valence-corrected chi connectivity index (χ1v) is 8.68. The number of nitrogens with one attached hydrogen (secondary N) is 1. The van der Waals surface area contributed by atoms with Crippen molar-refractivity contribution in [1.82, 2.24) is 34.7 Å². The van der Waals surface area contributed by atoms with Gasteiger partial charge in [-0.2, -0.15) is 20.6 Å². The van der Waals surface area contributed by atoms with Gasteiger partial charge in [0.05, 0.1) is 64.2 Å². The smallest absolute Gasteiger partial charge is 0.259 e. The van der Waals surface area contributed by atoms with Gasteiger partial charge in [-0.15, -0.1) is 4.80 Å². The van der Waals surface area contributed by atoms with E-state index in [2.05, 4.69) is 30.6 Å². The summed E-state index contributed by atoms with van der Waals surface area (Å²) in [5, 5.41) is 24.2. The summed E-state index contributed by atoms with van der Waals surface area (Å²) in [6.07, 6.45) is 8.94. The number of nitrogens with zero attached hydrogens (tertiary/aromatic N) is 8. The van der Waals surface area contributed by atoms with Crippen LogP contribution in [0, 0.1) is 18.3 Å². The van der Waals surface area contributed by atoms with E-state index in [0.29, 0.717) is 34.0 Å². The Balaban J connectivity index is 1.57. The van der Waals surface area contributed by atoms with Gasteiger partial charge in [-0.05, 0) is 19.1 Å². The van der Waals surface area contributed by atoms with Crippen LogP contribution in [0.25, 0.3) is 11.5 Å². The summed E-state index contributed by atoms with van der Waals surface area (Å²) in [7, 11) is 0. The van der Waals surface area contributed by atoms with Gasteiger partial charge in [0.15, 0.2) is 5.82 Å². The zero-order valence-electron chi connectivity index (χ0n) is 15.0. The van der Waals surface area contributed by atoms with Crippen molar-refractivity contribution in [2.45, 2.75) is 6.92 Å². The molecule has 1 amide bonds. The Labute approximate surface area is 169 Å². The lowest BCUT2D eigenvalue weighted by atomic mass is 10.2. The minimum Gasteiger partial charge on any atom is -0.320 e. The highest BCUT2D eigenvalue weighted by Gasteiger charge is 2.17. The Hall–Kier alpha value is -4.10. The number of carbonyl (C=O) groups is 1. The molecule has 4 heterocycles. The van der Waals surface area contributed by atoms with E-state index in [1.54, 1.807) is 29.9 Å². The molecule has 0 aliphatic carbocycles. The summed E-state index contributed by atoms with van der Waals surface area (Å²) in [6, 6.07) is 5.23. The van der Waals surface area contributed by atoms with Gasteiger partial charge < -0.3 is 5.32 Å². The number of carbonyl (C=O) groups excluding carboxylic acids is 1. The normalized spacial score (nSPS) is 10.5. The molecule has 0 saturated heterocycles. The van der Waals surface area contributed by atoms with Crippen LogP contribution in [0.4, 0.5) is 5.69 Å². The molecule has 29 heavy (non-hydrogen) atoms. The number of halogens is 1. The summed E-state index contributed by atoms with van der Waals surface area (Å²) in [6.45, 7) is 1.75. The molecule has 142 valence electrons. The molecule has 0 atom stereocenters. The van der Waals surface area contributed by atoms with Crippen molar-refractivity contribution >= 4 is 23.2 Å². The SMILES string of the molecule is Cc1c(C(=O)Nc2cnc(-n3nccn3)c(Cl)c2)cnn1-c1cncc(C#N)c1. The van der Waals surface area contributed by atoms with Crippen molar-refractivity contribution in [2.24, 2.45) is 0 Å². The standard InChI is InChI=1S/C18H12ClN9O/c1-11-15(10-25-27(11)14-4-12(6-20)7-21-9-14)18(29)26-13-5-16(19)17(22-8-13)28-23-2-3-24-28/h2-5,7-10H,1H3,(H,26,29). The number of hydrogen-bond donors (Lipinski definition) is 1. The monoisotopic (exact) mass is 405 g/mol. The lowest BCUT2D eigenvalue weighted by molar-refractivity contribution is 0.102. The van der Waals surface area contributed by atoms with Crippen LogP contribution in [0.2, 0.25) is 5.02 Å². The first kappa shape index (κ1) is 18.3. The number of nitriles is 1. The zero-order valence-corrected chi connectivity index (χ0v) is 15.7. The van der Waals surface area contributed by atoms with Crippen LogP contribution in [0.15, 0.2) is 49.3 Å². The predicted molar refractivity (Wildman–Crippen MR) is 103 cm³/mol. The molecule has 0 saturated carbocycles. The number of aromatic nitrogens is 7.